The van der Waals surface area contributed by atoms with E-state index in [-0.39, 0.29) is 11.7 Å². The summed E-state index contributed by atoms with van der Waals surface area (Å²) >= 11 is 0. The van der Waals surface area contributed by atoms with Gasteiger partial charge in [0.2, 0.25) is 5.91 Å². The van der Waals surface area contributed by atoms with Crippen LogP contribution in [0.4, 0.5) is 10.1 Å². The average molecular weight is 401 g/mol. The average Bonchev–Trinajstić information content (AvgIpc) is 2.72. The molecule has 0 radical (unpaired) electrons. The smallest absolute Gasteiger partial charge is 0.223 e. The first kappa shape index (κ1) is 21.3. The molecule has 1 saturated heterocycles. The molecule has 156 valence electrons. The highest BCUT2D eigenvalue weighted by Crippen LogP contribution is 2.21. The number of nitrogens with zero attached hydrogens (tertiary/aromatic N) is 1. The Bertz CT molecular complexity index is 803. The molecule has 0 spiro atoms. The first-order valence-electron chi connectivity index (χ1n) is 9.92. The molecule has 1 aliphatic heterocycles. The van der Waals surface area contributed by atoms with Crippen LogP contribution in [0.1, 0.15) is 30.9 Å². The molecule has 1 heterocycles. The number of hydrogen-bond acceptors (Lipinski definition) is 4. The van der Waals surface area contributed by atoms with Crippen LogP contribution in [0, 0.1) is 11.7 Å². The van der Waals surface area contributed by atoms with E-state index < -0.39 is 0 Å². The minimum Gasteiger partial charge on any atom is -0.489 e. The van der Waals surface area contributed by atoms with Crippen LogP contribution in [0.2, 0.25) is 0 Å². The first-order chi connectivity index (χ1) is 14.0. The topological polar surface area (TPSA) is 48.0 Å². The van der Waals surface area contributed by atoms with E-state index in [1.165, 1.54) is 19.1 Å². The van der Waals surface area contributed by atoms with Crippen molar-refractivity contribution in [1.82, 2.24) is 0 Å². The van der Waals surface area contributed by atoms with E-state index in [0.717, 1.165) is 42.9 Å². The van der Waals surface area contributed by atoms with Gasteiger partial charge in [-0.15, -0.1) is 0 Å². The molecule has 6 heteroatoms. The Morgan fingerprint density at radius 1 is 1.10 bits per heavy atom. The number of halogens is 1. The molecule has 1 fully saturated rings. The molecule has 0 aliphatic carbocycles. The number of ether oxygens (including phenoxy) is 3. The standard InChI is InChI=1S/C23H28FNO4/c1-17(26)25(2)22-5-3-18(4-6-22)16-29-23-12-20(11-21(24)13-23)15-28-14-19-7-9-27-10-8-19/h3-6,11-13,19H,7-10,14-16H2,1-2H3. The Balaban J connectivity index is 1.52. The van der Waals surface area contributed by atoms with Gasteiger partial charge in [-0.3, -0.25) is 4.79 Å². The number of carbonyl (C=O) groups is 1. The van der Waals surface area contributed by atoms with Crippen molar-refractivity contribution >= 4 is 11.6 Å². The van der Waals surface area contributed by atoms with Crippen molar-refractivity contribution < 1.29 is 23.4 Å². The molecule has 0 bridgehead atoms. The van der Waals surface area contributed by atoms with Crippen LogP contribution >= 0.6 is 0 Å². The monoisotopic (exact) mass is 401 g/mol. The molecule has 1 amide bonds. The van der Waals surface area contributed by atoms with Crippen LogP contribution in [-0.4, -0.2) is 32.8 Å². The zero-order valence-electron chi connectivity index (χ0n) is 17.0. The fraction of sp³-hybridized carbons (Fsp3) is 0.435. The van der Waals surface area contributed by atoms with Crippen molar-refractivity contribution in [3.63, 3.8) is 0 Å². The van der Waals surface area contributed by atoms with Crippen molar-refractivity contribution in [2.24, 2.45) is 5.92 Å². The molecule has 3 rings (SSSR count). The zero-order valence-corrected chi connectivity index (χ0v) is 17.0. The predicted molar refractivity (Wildman–Crippen MR) is 109 cm³/mol. The van der Waals surface area contributed by atoms with E-state index in [2.05, 4.69) is 0 Å². The second-order valence-corrected chi connectivity index (χ2v) is 7.40. The van der Waals surface area contributed by atoms with Crippen molar-refractivity contribution in [3.05, 3.63) is 59.4 Å². The van der Waals surface area contributed by atoms with Crippen LogP contribution < -0.4 is 9.64 Å². The van der Waals surface area contributed by atoms with Crippen LogP contribution in [0.3, 0.4) is 0 Å². The van der Waals surface area contributed by atoms with Crippen LogP contribution in [0.25, 0.3) is 0 Å². The number of anilines is 1. The van der Waals surface area contributed by atoms with Gasteiger partial charge in [-0.2, -0.15) is 0 Å². The maximum Gasteiger partial charge on any atom is 0.223 e. The Morgan fingerprint density at radius 2 is 1.83 bits per heavy atom. The molecule has 29 heavy (non-hydrogen) atoms. The van der Waals surface area contributed by atoms with E-state index in [9.17, 15) is 9.18 Å². The molecule has 1 aliphatic rings. The Morgan fingerprint density at radius 3 is 2.52 bits per heavy atom. The van der Waals surface area contributed by atoms with Gasteiger partial charge in [-0.1, -0.05) is 12.1 Å². The Labute approximate surface area is 171 Å². The second-order valence-electron chi connectivity index (χ2n) is 7.40. The minimum atomic E-state index is -0.342. The number of benzene rings is 2. The molecular formula is C23H28FNO4. The largest absolute Gasteiger partial charge is 0.489 e. The lowest BCUT2D eigenvalue weighted by Gasteiger charge is -2.21. The van der Waals surface area contributed by atoms with Gasteiger partial charge in [0.1, 0.15) is 18.2 Å². The summed E-state index contributed by atoms with van der Waals surface area (Å²) in [5, 5.41) is 0. The van der Waals surface area contributed by atoms with Crippen molar-refractivity contribution in [2.75, 3.05) is 31.8 Å². The molecule has 0 N–H and O–H groups in total. The lowest BCUT2D eigenvalue weighted by molar-refractivity contribution is -0.116. The molecule has 0 atom stereocenters. The molecule has 2 aromatic carbocycles. The van der Waals surface area contributed by atoms with Gasteiger partial charge in [0.15, 0.2) is 0 Å². The van der Waals surface area contributed by atoms with Gasteiger partial charge in [-0.25, -0.2) is 4.39 Å². The van der Waals surface area contributed by atoms with Crippen LogP contribution in [-0.2, 0) is 27.5 Å². The summed E-state index contributed by atoms with van der Waals surface area (Å²) in [6.07, 6.45) is 2.02. The van der Waals surface area contributed by atoms with Gasteiger partial charge >= 0.3 is 0 Å². The SMILES string of the molecule is CC(=O)N(C)c1ccc(COc2cc(F)cc(COCC3CCOCC3)c2)cc1. The van der Waals surface area contributed by atoms with E-state index in [4.69, 9.17) is 14.2 Å². The third-order valence-corrected chi connectivity index (χ3v) is 5.10. The maximum atomic E-state index is 14.0. The van der Waals surface area contributed by atoms with Crippen molar-refractivity contribution in [3.8, 4) is 5.75 Å². The van der Waals surface area contributed by atoms with Crippen molar-refractivity contribution in [2.45, 2.75) is 33.0 Å². The number of amides is 1. The fourth-order valence-electron chi connectivity index (χ4n) is 3.21. The quantitative estimate of drug-likeness (QED) is 0.661. The first-order valence-corrected chi connectivity index (χ1v) is 9.92. The van der Waals surface area contributed by atoms with E-state index in [1.807, 2.05) is 30.3 Å². The normalized spacial score (nSPS) is 14.6. The summed E-state index contributed by atoms with van der Waals surface area (Å²) in [7, 11) is 1.73. The summed E-state index contributed by atoms with van der Waals surface area (Å²) in [6, 6.07) is 12.2. The van der Waals surface area contributed by atoms with Gasteiger partial charge in [0.25, 0.3) is 0 Å². The van der Waals surface area contributed by atoms with E-state index in [0.29, 0.717) is 31.5 Å². The van der Waals surface area contributed by atoms with Crippen LogP contribution in [0.15, 0.2) is 42.5 Å². The van der Waals surface area contributed by atoms with Gasteiger partial charge in [0.05, 0.1) is 13.2 Å². The fourth-order valence-corrected chi connectivity index (χ4v) is 3.21. The number of hydrogen-bond donors (Lipinski definition) is 0. The van der Waals surface area contributed by atoms with Gasteiger partial charge < -0.3 is 19.1 Å². The molecular weight excluding hydrogens is 373 g/mol. The summed E-state index contributed by atoms with van der Waals surface area (Å²) in [5.74, 6) is 0.614. The third kappa shape index (κ3) is 6.54. The highest BCUT2D eigenvalue weighted by Gasteiger charge is 2.14. The number of carbonyl (C=O) groups excluding carboxylic acids is 1. The maximum absolute atomic E-state index is 14.0. The molecule has 2 aromatic rings. The summed E-state index contributed by atoms with van der Waals surface area (Å²) in [5.41, 5.74) is 2.51. The lowest BCUT2D eigenvalue weighted by Crippen LogP contribution is -2.22. The van der Waals surface area contributed by atoms with Crippen molar-refractivity contribution in [1.29, 1.82) is 0 Å². The Kier molecular flexibility index (Phi) is 7.61. The molecule has 0 aromatic heterocycles. The third-order valence-electron chi connectivity index (χ3n) is 5.10. The highest BCUT2D eigenvalue weighted by atomic mass is 19.1. The lowest BCUT2D eigenvalue weighted by atomic mass is 10.0. The van der Waals surface area contributed by atoms with Gasteiger partial charge in [-0.05, 0) is 54.2 Å². The zero-order chi connectivity index (χ0) is 20.6. The minimum absolute atomic E-state index is 0.0275. The number of rotatable bonds is 8. The van der Waals surface area contributed by atoms with E-state index in [1.54, 1.807) is 11.9 Å². The van der Waals surface area contributed by atoms with Crippen LogP contribution in [0.5, 0.6) is 5.75 Å². The summed E-state index contributed by atoms with van der Waals surface area (Å²) < 4.78 is 30.9. The second kappa shape index (κ2) is 10.4. The molecule has 5 nitrogen and oxygen atoms in total. The Hall–Kier alpha value is -2.44. The van der Waals surface area contributed by atoms with E-state index >= 15 is 0 Å². The summed E-state index contributed by atoms with van der Waals surface area (Å²) in [6.45, 7) is 4.44. The highest BCUT2D eigenvalue weighted by molar-refractivity contribution is 5.90. The molecule has 0 saturated carbocycles. The van der Waals surface area contributed by atoms with Gasteiger partial charge in [0, 0.05) is 38.9 Å². The predicted octanol–water partition coefficient (Wildman–Crippen LogP) is 4.33. The summed E-state index contributed by atoms with van der Waals surface area (Å²) in [4.78, 5) is 13.0. The molecule has 0 unspecified atom stereocenters.